The van der Waals surface area contributed by atoms with E-state index in [0.29, 0.717) is 11.8 Å². The van der Waals surface area contributed by atoms with Gasteiger partial charge in [0, 0.05) is 30.5 Å². The number of benzene rings is 1. The molecule has 1 saturated heterocycles. The van der Waals surface area contributed by atoms with Crippen molar-refractivity contribution >= 4 is 0 Å². The first kappa shape index (κ1) is 16.1. The third-order valence-electron chi connectivity index (χ3n) is 4.64. The molecule has 23 heavy (non-hydrogen) atoms. The summed E-state index contributed by atoms with van der Waals surface area (Å²) in [6.45, 7) is 10.1. The van der Waals surface area contributed by atoms with Gasteiger partial charge in [-0.15, -0.1) is 0 Å². The van der Waals surface area contributed by atoms with Crippen molar-refractivity contribution < 1.29 is 4.52 Å². The van der Waals surface area contributed by atoms with E-state index < -0.39 is 0 Å². The molecule has 2 aromatic rings. The fourth-order valence-corrected chi connectivity index (χ4v) is 3.10. The summed E-state index contributed by atoms with van der Waals surface area (Å²) in [6.07, 6.45) is 0. The van der Waals surface area contributed by atoms with E-state index in [2.05, 4.69) is 67.0 Å². The van der Waals surface area contributed by atoms with Gasteiger partial charge >= 0.3 is 0 Å². The van der Waals surface area contributed by atoms with Crippen LogP contribution in [0.4, 0.5) is 0 Å². The van der Waals surface area contributed by atoms with Crippen LogP contribution in [-0.4, -0.2) is 34.2 Å². The van der Waals surface area contributed by atoms with Gasteiger partial charge in [-0.25, -0.2) is 0 Å². The number of hydrogen-bond donors (Lipinski definition) is 1. The van der Waals surface area contributed by atoms with E-state index in [1.165, 1.54) is 5.56 Å². The molecule has 0 saturated carbocycles. The average molecular weight is 314 g/mol. The zero-order valence-corrected chi connectivity index (χ0v) is 14.4. The number of aromatic nitrogens is 2. The lowest BCUT2D eigenvalue weighted by molar-refractivity contribution is 0.205. The van der Waals surface area contributed by atoms with Crippen LogP contribution in [0.3, 0.4) is 0 Å². The average Bonchev–Trinajstić information content (AvgIpc) is 3.14. The van der Waals surface area contributed by atoms with Crippen molar-refractivity contribution in [3.63, 3.8) is 0 Å². The fourth-order valence-electron chi connectivity index (χ4n) is 3.10. The highest BCUT2D eigenvalue weighted by Gasteiger charge is 2.36. The van der Waals surface area contributed by atoms with Crippen LogP contribution >= 0.6 is 0 Å². The number of rotatable bonds is 3. The zero-order valence-electron chi connectivity index (χ0n) is 14.4. The van der Waals surface area contributed by atoms with Crippen LogP contribution < -0.4 is 5.73 Å². The smallest absolute Gasteiger partial charge is 0.243 e. The molecule has 1 aromatic carbocycles. The minimum absolute atomic E-state index is 0.0818. The minimum atomic E-state index is -0.102. The first-order valence-electron chi connectivity index (χ1n) is 8.25. The van der Waals surface area contributed by atoms with Gasteiger partial charge in [0.05, 0.1) is 6.04 Å². The van der Waals surface area contributed by atoms with E-state index in [-0.39, 0.29) is 17.5 Å². The highest BCUT2D eigenvalue weighted by molar-refractivity contribution is 5.23. The van der Waals surface area contributed by atoms with Crippen LogP contribution in [0.25, 0.3) is 0 Å². The SMILES string of the molecule is CC(c1nc(C(C)(C)C)no1)N1C[C@@H](N)[C@H](c2ccccc2)C1. The van der Waals surface area contributed by atoms with Crippen molar-refractivity contribution in [3.05, 3.63) is 47.6 Å². The van der Waals surface area contributed by atoms with Crippen molar-refractivity contribution in [2.24, 2.45) is 5.73 Å². The van der Waals surface area contributed by atoms with Crippen molar-refractivity contribution in [3.8, 4) is 0 Å². The summed E-state index contributed by atoms with van der Waals surface area (Å²) < 4.78 is 5.50. The number of nitrogens with zero attached hydrogens (tertiary/aromatic N) is 3. The Morgan fingerprint density at radius 3 is 2.52 bits per heavy atom. The molecule has 1 aliphatic heterocycles. The summed E-state index contributed by atoms with van der Waals surface area (Å²) >= 11 is 0. The van der Waals surface area contributed by atoms with Crippen LogP contribution in [0.2, 0.25) is 0 Å². The molecule has 0 bridgehead atoms. The molecule has 5 heteroatoms. The van der Waals surface area contributed by atoms with E-state index in [0.717, 1.165) is 18.9 Å². The molecular weight excluding hydrogens is 288 g/mol. The Balaban J connectivity index is 1.74. The summed E-state index contributed by atoms with van der Waals surface area (Å²) in [7, 11) is 0. The molecule has 1 fully saturated rings. The van der Waals surface area contributed by atoms with Gasteiger partial charge in [-0.05, 0) is 12.5 Å². The Labute approximate surface area is 137 Å². The van der Waals surface area contributed by atoms with E-state index >= 15 is 0 Å². The van der Waals surface area contributed by atoms with Crippen LogP contribution in [0.5, 0.6) is 0 Å². The van der Waals surface area contributed by atoms with Crippen LogP contribution in [0, 0.1) is 0 Å². The molecule has 3 atom stereocenters. The van der Waals surface area contributed by atoms with Crippen LogP contribution in [-0.2, 0) is 5.41 Å². The maximum atomic E-state index is 6.38. The monoisotopic (exact) mass is 314 g/mol. The van der Waals surface area contributed by atoms with E-state index in [1.54, 1.807) is 0 Å². The van der Waals surface area contributed by atoms with Crippen molar-refractivity contribution in [2.45, 2.75) is 51.1 Å². The topological polar surface area (TPSA) is 68.2 Å². The predicted molar refractivity (Wildman–Crippen MR) is 90.1 cm³/mol. The zero-order chi connectivity index (χ0) is 16.6. The lowest BCUT2D eigenvalue weighted by atomic mass is 9.95. The molecule has 0 spiro atoms. The molecule has 2 heterocycles. The largest absolute Gasteiger partial charge is 0.338 e. The van der Waals surface area contributed by atoms with E-state index in [9.17, 15) is 0 Å². The number of hydrogen-bond acceptors (Lipinski definition) is 5. The Morgan fingerprint density at radius 2 is 1.91 bits per heavy atom. The summed E-state index contributed by atoms with van der Waals surface area (Å²) in [6, 6.07) is 10.7. The Morgan fingerprint density at radius 1 is 1.22 bits per heavy atom. The van der Waals surface area contributed by atoms with Crippen molar-refractivity contribution in [1.29, 1.82) is 0 Å². The van der Waals surface area contributed by atoms with Gasteiger partial charge in [0.1, 0.15) is 0 Å². The summed E-state index contributed by atoms with van der Waals surface area (Å²) in [5.41, 5.74) is 7.58. The third kappa shape index (κ3) is 3.31. The molecule has 0 amide bonds. The highest BCUT2D eigenvalue weighted by Crippen LogP contribution is 2.32. The Hall–Kier alpha value is -1.72. The molecule has 0 aliphatic carbocycles. The molecule has 1 unspecified atom stereocenters. The van der Waals surface area contributed by atoms with Gasteiger partial charge in [0.2, 0.25) is 5.89 Å². The molecule has 1 aromatic heterocycles. The fraction of sp³-hybridized carbons (Fsp3) is 0.556. The van der Waals surface area contributed by atoms with Gasteiger partial charge < -0.3 is 10.3 Å². The minimum Gasteiger partial charge on any atom is -0.338 e. The summed E-state index contributed by atoms with van der Waals surface area (Å²) in [4.78, 5) is 6.92. The standard InChI is InChI=1S/C18H26N4O/c1-12(16-20-17(21-23-16)18(2,3)4)22-10-14(15(19)11-22)13-8-6-5-7-9-13/h5-9,12,14-15H,10-11,19H2,1-4H3/t12?,14-,15+/m0/s1. The van der Waals surface area contributed by atoms with Gasteiger partial charge in [0.25, 0.3) is 0 Å². The van der Waals surface area contributed by atoms with Gasteiger partial charge in [-0.2, -0.15) is 4.98 Å². The first-order valence-corrected chi connectivity index (χ1v) is 8.25. The Kier molecular flexibility index (Phi) is 4.25. The Bertz CT molecular complexity index is 647. The molecule has 1 aliphatic rings. The third-order valence-corrected chi connectivity index (χ3v) is 4.64. The molecule has 124 valence electrons. The van der Waals surface area contributed by atoms with Gasteiger partial charge in [-0.3, -0.25) is 4.90 Å². The van der Waals surface area contributed by atoms with E-state index in [4.69, 9.17) is 10.3 Å². The maximum Gasteiger partial charge on any atom is 0.243 e. The van der Waals surface area contributed by atoms with Crippen LogP contribution in [0.1, 0.15) is 56.9 Å². The van der Waals surface area contributed by atoms with Gasteiger partial charge in [0.15, 0.2) is 5.82 Å². The van der Waals surface area contributed by atoms with Gasteiger partial charge in [-0.1, -0.05) is 56.3 Å². The van der Waals surface area contributed by atoms with E-state index in [1.807, 2.05) is 6.07 Å². The first-order chi connectivity index (χ1) is 10.9. The highest BCUT2D eigenvalue weighted by atomic mass is 16.5. The second kappa shape index (κ2) is 6.06. The molecular formula is C18H26N4O. The normalized spacial score (nSPS) is 24.0. The number of nitrogens with two attached hydrogens (primary N) is 1. The summed E-state index contributed by atoms with van der Waals surface area (Å²) in [5, 5.41) is 4.13. The quantitative estimate of drug-likeness (QED) is 0.943. The molecule has 0 radical (unpaired) electrons. The molecule has 3 rings (SSSR count). The summed E-state index contributed by atoms with van der Waals surface area (Å²) in [5.74, 6) is 1.78. The lowest BCUT2D eigenvalue weighted by Gasteiger charge is -2.21. The molecule has 5 nitrogen and oxygen atoms in total. The second-order valence-electron chi connectivity index (χ2n) is 7.52. The molecule has 2 N–H and O–H groups in total. The predicted octanol–water partition coefficient (Wildman–Crippen LogP) is 2.85. The number of likely N-dealkylation sites (tertiary alicyclic amines) is 1. The second-order valence-corrected chi connectivity index (χ2v) is 7.52. The van der Waals surface area contributed by atoms with Crippen molar-refractivity contribution in [1.82, 2.24) is 15.0 Å². The van der Waals surface area contributed by atoms with Crippen LogP contribution in [0.15, 0.2) is 34.9 Å². The van der Waals surface area contributed by atoms with Crippen molar-refractivity contribution in [2.75, 3.05) is 13.1 Å². The maximum absolute atomic E-state index is 6.38. The lowest BCUT2D eigenvalue weighted by Crippen LogP contribution is -2.30.